The number of hydrogen-bond donors (Lipinski definition) is 1. The molecule has 2 aromatic heterocycles. The minimum absolute atomic E-state index is 0.0251. The molecule has 1 aliphatic rings. The number of aromatic nitrogens is 2. The molecule has 3 rings (SSSR count). The van der Waals surface area contributed by atoms with Gasteiger partial charge in [0.25, 0.3) is 0 Å². The molecule has 0 radical (unpaired) electrons. The fourth-order valence-electron chi connectivity index (χ4n) is 2.87. The minimum Gasteiger partial charge on any atom is -0.468 e. The molecule has 6 heteroatoms. The monoisotopic (exact) mass is 314 g/mol. The lowest BCUT2D eigenvalue weighted by Crippen LogP contribution is -2.42. The summed E-state index contributed by atoms with van der Waals surface area (Å²) < 4.78 is 5.39. The van der Waals surface area contributed by atoms with Crippen molar-refractivity contribution in [1.82, 2.24) is 20.2 Å². The highest BCUT2D eigenvalue weighted by Crippen LogP contribution is 2.19. The topological polar surface area (TPSA) is 71.3 Å². The van der Waals surface area contributed by atoms with Crippen LogP contribution in [-0.4, -0.2) is 33.9 Å². The lowest BCUT2D eigenvalue weighted by molar-refractivity contribution is -0.127. The standard InChI is InChI=1S/C17H22N4O2/c1-13-8-19-15(9-18-13)10-20-17(22)14-4-2-6-21(11-14)12-16-5-3-7-23-16/h3,5,7-9,14H,2,4,6,10-12H2,1H3,(H,20,22)/t14-/m0/s1. The predicted octanol–water partition coefficient (Wildman–Crippen LogP) is 1.91. The van der Waals surface area contributed by atoms with Crippen molar-refractivity contribution in [2.75, 3.05) is 13.1 Å². The summed E-state index contributed by atoms with van der Waals surface area (Å²) in [5.41, 5.74) is 1.66. The van der Waals surface area contributed by atoms with Gasteiger partial charge in [-0.2, -0.15) is 0 Å². The Morgan fingerprint density at radius 2 is 2.35 bits per heavy atom. The highest BCUT2D eigenvalue weighted by molar-refractivity contribution is 5.78. The van der Waals surface area contributed by atoms with Gasteiger partial charge in [-0.15, -0.1) is 0 Å². The van der Waals surface area contributed by atoms with Crippen LogP contribution in [0.4, 0.5) is 0 Å². The zero-order chi connectivity index (χ0) is 16.1. The summed E-state index contributed by atoms with van der Waals surface area (Å²) in [6.07, 6.45) is 7.07. The first-order valence-corrected chi connectivity index (χ1v) is 8.00. The maximum atomic E-state index is 12.4. The normalized spacial score (nSPS) is 18.7. The highest BCUT2D eigenvalue weighted by Gasteiger charge is 2.26. The van der Waals surface area contributed by atoms with Crippen molar-refractivity contribution in [3.63, 3.8) is 0 Å². The minimum atomic E-state index is 0.0251. The number of carbonyl (C=O) groups excluding carboxylic acids is 1. The van der Waals surface area contributed by atoms with Crippen LogP contribution in [-0.2, 0) is 17.9 Å². The Labute approximate surface area is 135 Å². The first-order chi connectivity index (χ1) is 11.2. The van der Waals surface area contributed by atoms with Gasteiger partial charge in [-0.25, -0.2) is 0 Å². The van der Waals surface area contributed by atoms with Crippen molar-refractivity contribution in [2.45, 2.75) is 32.9 Å². The average Bonchev–Trinajstić information content (AvgIpc) is 3.07. The van der Waals surface area contributed by atoms with Crippen LogP contribution in [0.2, 0.25) is 0 Å². The smallest absolute Gasteiger partial charge is 0.224 e. The SMILES string of the molecule is Cc1cnc(CNC(=O)[C@H]2CCCN(Cc3ccco3)C2)cn1. The number of aryl methyl sites for hydroxylation is 1. The lowest BCUT2D eigenvalue weighted by Gasteiger charge is -2.31. The maximum absolute atomic E-state index is 12.4. The van der Waals surface area contributed by atoms with E-state index in [1.54, 1.807) is 18.7 Å². The van der Waals surface area contributed by atoms with Crippen molar-refractivity contribution in [3.8, 4) is 0 Å². The fraction of sp³-hybridized carbons (Fsp3) is 0.471. The van der Waals surface area contributed by atoms with Gasteiger partial charge in [0, 0.05) is 12.7 Å². The van der Waals surface area contributed by atoms with Crippen LogP contribution in [0.1, 0.15) is 30.0 Å². The number of nitrogens with zero attached hydrogens (tertiary/aromatic N) is 3. The molecule has 2 aromatic rings. The lowest BCUT2D eigenvalue weighted by atomic mass is 9.97. The second kappa shape index (κ2) is 7.37. The molecule has 0 aromatic carbocycles. The molecular weight excluding hydrogens is 292 g/mol. The van der Waals surface area contributed by atoms with E-state index in [-0.39, 0.29) is 11.8 Å². The van der Waals surface area contributed by atoms with Crippen LogP contribution in [0, 0.1) is 12.8 Å². The molecule has 122 valence electrons. The van der Waals surface area contributed by atoms with Gasteiger partial charge < -0.3 is 9.73 Å². The third kappa shape index (κ3) is 4.39. The van der Waals surface area contributed by atoms with Crippen molar-refractivity contribution < 1.29 is 9.21 Å². The second-order valence-electron chi connectivity index (χ2n) is 6.02. The largest absolute Gasteiger partial charge is 0.468 e. The van der Waals surface area contributed by atoms with Gasteiger partial charge in [-0.05, 0) is 38.4 Å². The van der Waals surface area contributed by atoms with E-state index in [1.807, 2.05) is 19.1 Å². The van der Waals surface area contributed by atoms with E-state index < -0.39 is 0 Å². The van der Waals surface area contributed by atoms with Gasteiger partial charge in [0.05, 0.1) is 42.9 Å². The quantitative estimate of drug-likeness (QED) is 0.913. The highest BCUT2D eigenvalue weighted by atomic mass is 16.3. The van der Waals surface area contributed by atoms with Crippen LogP contribution in [0.15, 0.2) is 35.2 Å². The Balaban J connectivity index is 1.49. The Hall–Kier alpha value is -2.21. The van der Waals surface area contributed by atoms with E-state index in [0.29, 0.717) is 6.54 Å². The molecule has 0 spiro atoms. The van der Waals surface area contributed by atoms with Crippen LogP contribution < -0.4 is 5.32 Å². The Bertz CT molecular complexity index is 625. The number of furan rings is 1. The van der Waals surface area contributed by atoms with E-state index >= 15 is 0 Å². The van der Waals surface area contributed by atoms with E-state index in [2.05, 4.69) is 20.2 Å². The third-order valence-corrected chi connectivity index (χ3v) is 4.11. The second-order valence-corrected chi connectivity index (χ2v) is 6.02. The Morgan fingerprint density at radius 1 is 1.43 bits per heavy atom. The van der Waals surface area contributed by atoms with E-state index in [1.165, 1.54) is 0 Å². The van der Waals surface area contributed by atoms with Gasteiger partial charge in [0.1, 0.15) is 5.76 Å². The summed E-state index contributed by atoms with van der Waals surface area (Å²) in [6.45, 7) is 4.87. The Morgan fingerprint density at radius 3 is 3.09 bits per heavy atom. The molecule has 1 saturated heterocycles. The Kier molecular flexibility index (Phi) is 5.02. The van der Waals surface area contributed by atoms with E-state index in [4.69, 9.17) is 4.42 Å². The molecule has 1 N–H and O–H groups in total. The summed E-state index contributed by atoms with van der Waals surface area (Å²) in [6, 6.07) is 3.87. The number of hydrogen-bond acceptors (Lipinski definition) is 5. The number of piperidine rings is 1. The van der Waals surface area contributed by atoms with Crippen LogP contribution >= 0.6 is 0 Å². The maximum Gasteiger partial charge on any atom is 0.224 e. The van der Waals surface area contributed by atoms with Crippen LogP contribution in [0.5, 0.6) is 0 Å². The summed E-state index contributed by atoms with van der Waals surface area (Å²) >= 11 is 0. The average molecular weight is 314 g/mol. The van der Waals surface area contributed by atoms with Gasteiger partial charge >= 0.3 is 0 Å². The summed E-state index contributed by atoms with van der Waals surface area (Å²) in [4.78, 5) is 23.1. The zero-order valence-electron chi connectivity index (χ0n) is 13.4. The fourth-order valence-corrected chi connectivity index (χ4v) is 2.87. The van der Waals surface area contributed by atoms with Crippen molar-refractivity contribution >= 4 is 5.91 Å². The van der Waals surface area contributed by atoms with Gasteiger partial charge in [-0.1, -0.05) is 0 Å². The molecule has 0 unspecified atom stereocenters. The number of carbonyl (C=O) groups is 1. The van der Waals surface area contributed by atoms with Crippen LogP contribution in [0.3, 0.4) is 0 Å². The number of amides is 1. The molecule has 23 heavy (non-hydrogen) atoms. The van der Waals surface area contributed by atoms with Crippen molar-refractivity contribution in [3.05, 3.63) is 47.9 Å². The summed E-state index contributed by atoms with van der Waals surface area (Å²) in [5.74, 6) is 1.06. The predicted molar refractivity (Wildman–Crippen MR) is 85.3 cm³/mol. The van der Waals surface area contributed by atoms with E-state index in [0.717, 1.165) is 49.6 Å². The molecule has 3 heterocycles. The molecule has 1 aliphatic heterocycles. The zero-order valence-corrected chi connectivity index (χ0v) is 13.4. The molecular formula is C17H22N4O2. The first-order valence-electron chi connectivity index (χ1n) is 8.00. The van der Waals surface area contributed by atoms with Crippen molar-refractivity contribution in [1.29, 1.82) is 0 Å². The molecule has 6 nitrogen and oxygen atoms in total. The van der Waals surface area contributed by atoms with Crippen LogP contribution in [0.25, 0.3) is 0 Å². The number of likely N-dealkylation sites (tertiary alicyclic amines) is 1. The van der Waals surface area contributed by atoms with Gasteiger partial charge in [0.2, 0.25) is 5.91 Å². The molecule has 0 aliphatic carbocycles. The number of rotatable bonds is 5. The summed E-state index contributed by atoms with van der Waals surface area (Å²) in [7, 11) is 0. The third-order valence-electron chi connectivity index (χ3n) is 4.11. The molecule has 1 atom stereocenters. The number of nitrogens with one attached hydrogen (secondary N) is 1. The van der Waals surface area contributed by atoms with Gasteiger partial charge in [-0.3, -0.25) is 19.7 Å². The summed E-state index contributed by atoms with van der Waals surface area (Å²) in [5, 5.41) is 2.98. The van der Waals surface area contributed by atoms with Crippen molar-refractivity contribution in [2.24, 2.45) is 5.92 Å². The van der Waals surface area contributed by atoms with E-state index in [9.17, 15) is 4.79 Å². The molecule has 1 amide bonds. The van der Waals surface area contributed by atoms with Gasteiger partial charge in [0.15, 0.2) is 0 Å². The first kappa shape index (κ1) is 15.7. The molecule has 1 fully saturated rings. The molecule has 0 bridgehead atoms. The molecule has 0 saturated carbocycles.